The fourth-order valence-corrected chi connectivity index (χ4v) is 1.80. The zero-order valence-corrected chi connectivity index (χ0v) is 10.5. The molecule has 1 aromatic heterocycles. The summed E-state index contributed by atoms with van der Waals surface area (Å²) in [5.41, 5.74) is 7.01. The number of hydrogen-bond acceptors (Lipinski definition) is 5. The van der Waals surface area contributed by atoms with Gasteiger partial charge in [0.15, 0.2) is 0 Å². The Bertz CT molecular complexity index is 390. The van der Waals surface area contributed by atoms with Gasteiger partial charge in [-0.2, -0.15) is 0 Å². The van der Waals surface area contributed by atoms with Gasteiger partial charge in [-0.05, 0) is 38.6 Å². The monoisotopic (exact) mass is 236 g/mol. The van der Waals surface area contributed by atoms with Crippen molar-refractivity contribution in [3.05, 3.63) is 11.9 Å². The third kappa shape index (κ3) is 2.66. The minimum Gasteiger partial charge on any atom is -0.478 e. The summed E-state index contributed by atoms with van der Waals surface area (Å²) >= 11 is 0. The number of nitrogens with two attached hydrogens (primary N) is 1. The SMILES string of the molecule is CCOc1ncnc(NCC2(CN)CC2)c1C. The third-order valence-corrected chi connectivity index (χ3v) is 3.34. The van der Waals surface area contributed by atoms with Gasteiger partial charge in [0.2, 0.25) is 5.88 Å². The summed E-state index contributed by atoms with van der Waals surface area (Å²) in [4.78, 5) is 8.35. The molecule has 1 aromatic rings. The highest BCUT2D eigenvalue weighted by atomic mass is 16.5. The van der Waals surface area contributed by atoms with E-state index in [-0.39, 0.29) is 0 Å². The largest absolute Gasteiger partial charge is 0.478 e. The third-order valence-electron chi connectivity index (χ3n) is 3.34. The van der Waals surface area contributed by atoms with Crippen molar-refractivity contribution in [2.75, 3.05) is 25.0 Å². The Morgan fingerprint density at radius 1 is 1.47 bits per heavy atom. The second-order valence-electron chi connectivity index (χ2n) is 4.64. The minimum atomic E-state index is 0.295. The topological polar surface area (TPSA) is 73.1 Å². The van der Waals surface area contributed by atoms with Gasteiger partial charge < -0.3 is 15.8 Å². The highest BCUT2D eigenvalue weighted by Crippen LogP contribution is 2.44. The van der Waals surface area contributed by atoms with Crippen LogP contribution in [0.5, 0.6) is 5.88 Å². The Kier molecular flexibility index (Phi) is 3.47. The van der Waals surface area contributed by atoms with E-state index in [0.717, 1.165) is 24.5 Å². The Morgan fingerprint density at radius 3 is 2.82 bits per heavy atom. The van der Waals surface area contributed by atoms with Gasteiger partial charge in [0.25, 0.3) is 0 Å². The number of nitrogens with zero attached hydrogens (tertiary/aromatic N) is 2. The molecule has 5 heteroatoms. The van der Waals surface area contributed by atoms with Crippen LogP contribution in [0.3, 0.4) is 0 Å². The van der Waals surface area contributed by atoms with Crippen LogP contribution in [0.2, 0.25) is 0 Å². The van der Waals surface area contributed by atoms with Crippen molar-refractivity contribution in [3.8, 4) is 5.88 Å². The average molecular weight is 236 g/mol. The van der Waals surface area contributed by atoms with Crippen LogP contribution in [0.1, 0.15) is 25.3 Å². The molecule has 1 aliphatic rings. The maximum Gasteiger partial charge on any atom is 0.221 e. The number of rotatable bonds is 6. The number of nitrogens with one attached hydrogen (secondary N) is 1. The van der Waals surface area contributed by atoms with Crippen molar-refractivity contribution in [1.29, 1.82) is 0 Å². The van der Waals surface area contributed by atoms with Crippen molar-refractivity contribution in [2.45, 2.75) is 26.7 Å². The minimum absolute atomic E-state index is 0.295. The molecule has 1 fully saturated rings. The predicted molar refractivity (Wildman–Crippen MR) is 67.1 cm³/mol. The van der Waals surface area contributed by atoms with Crippen LogP contribution in [0.25, 0.3) is 0 Å². The summed E-state index contributed by atoms with van der Waals surface area (Å²) < 4.78 is 5.44. The molecule has 1 aliphatic carbocycles. The van der Waals surface area contributed by atoms with E-state index in [1.165, 1.54) is 19.2 Å². The molecule has 0 radical (unpaired) electrons. The summed E-state index contributed by atoms with van der Waals surface area (Å²) in [6, 6.07) is 0. The standard InChI is InChI=1S/C12H20N4O/c1-3-17-11-9(2)10(15-8-16-11)14-7-12(6-13)4-5-12/h8H,3-7,13H2,1-2H3,(H,14,15,16). The summed E-state index contributed by atoms with van der Waals surface area (Å²) in [7, 11) is 0. The normalized spacial score (nSPS) is 16.6. The summed E-state index contributed by atoms with van der Waals surface area (Å²) in [5.74, 6) is 1.51. The van der Waals surface area contributed by atoms with Crippen LogP contribution >= 0.6 is 0 Å². The zero-order chi connectivity index (χ0) is 12.3. The van der Waals surface area contributed by atoms with Crippen molar-refractivity contribution in [3.63, 3.8) is 0 Å². The van der Waals surface area contributed by atoms with Crippen molar-refractivity contribution >= 4 is 5.82 Å². The van der Waals surface area contributed by atoms with Gasteiger partial charge in [0.1, 0.15) is 12.1 Å². The maximum absolute atomic E-state index is 5.75. The van der Waals surface area contributed by atoms with Crippen LogP contribution in [-0.4, -0.2) is 29.7 Å². The Labute approximate surface area is 102 Å². The van der Waals surface area contributed by atoms with Gasteiger partial charge in [0.05, 0.1) is 12.2 Å². The van der Waals surface area contributed by atoms with Crippen LogP contribution < -0.4 is 15.8 Å². The average Bonchev–Trinajstić information content (AvgIpc) is 3.11. The van der Waals surface area contributed by atoms with E-state index in [0.29, 0.717) is 17.9 Å². The summed E-state index contributed by atoms with van der Waals surface area (Å²) in [6.45, 7) is 6.15. The number of ether oxygens (including phenoxy) is 1. The summed E-state index contributed by atoms with van der Waals surface area (Å²) in [6.07, 6.45) is 3.94. The zero-order valence-electron chi connectivity index (χ0n) is 10.5. The molecule has 17 heavy (non-hydrogen) atoms. The Morgan fingerprint density at radius 2 is 2.24 bits per heavy atom. The van der Waals surface area contributed by atoms with E-state index in [1.54, 1.807) is 0 Å². The van der Waals surface area contributed by atoms with E-state index in [2.05, 4.69) is 15.3 Å². The molecule has 0 amide bonds. The smallest absolute Gasteiger partial charge is 0.221 e. The lowest BCUT2D eigenvalue weighted by atomic mass is 10.1. The van der Waals surface area contributed by atoms with E-state index < -0.39 is 0 Å². The van der Waals surface area contributed by atoms with Crippen molar-refractivity contribution in [1.82, 2.24) is 9.97 Å². The molecule has 1 heterocycles. The molecule has 0 spiro atoms. The van der Waals surface area contributed by atoms with Crippen LogP contribution in [0.15, 0.2) is 6.33 Å². The van der Waals surface area contributed by atoms with Gasteiger partial charge in [-0.15, -0.1) is 0 Å². The molecular formula is C12H20N4O. The first-order valence-electron chi connectivity index (χ1n) is 6.09. The van der Waals surface area contributed by atoms with Gasteiger partial charge in [-0.3, -0.25) is 0 Å². The number of aromatic nitrogens is 2. The second kappa shape index (κ2) is 4.87. The Balaban J connectivity index is 2.03. The fraction of sp³-hybridized carbons (Fsp3) is 0.667. The number of hydrogen-bond donors (Lipinski definition) is 2. The molecule has 5 nitrogen and oxygen atoms in total. The van der Waals surface area contributed by atoms with Gasteiger partial charge in [-0.1, -0.05) is 0 Å². The lowest BCUT2D eigenvalue weighted by Gasteiger charge is -2.16. The molecule has 0 aromatic carbocycles. The predicted octanol–water partition coefficient (Wildman–Crippen LogP) is 1.33. The first-order chi connectivity index (χ1) is 8.21. The fourth-order valence-electron chi connectivity index (χ4n) is 1.80. The first kappa shape index (κ1) is 12.1. The second-order valence-corrected chi connectivity index (χ2v) is 4.64. The number of anilines is 1. The molecule has 0 aliphatic heterocycles. The molecule has 0 atom stereocenters. The van der Waals surface area contributed by atoms with Gasteiger partial charge in [0, 0.05) is 6.54 Å². The quantitative estimate of drug-likeness (QED) is 0.779. The molecular weight excluding hydrogens is 216 g/mol. The van der Waals surface area contributed by atoms with Crippen LogP contribution in [0.4, 0.5) is 5.82 Å². The maximum atomic E-state index is 5.75. The lowest BCUT2D eigenvalue weighted by molar-refractivity contribution is 0.324. The molecule has 0 unspecified atom stereocenters. The van der Waals surface area contributed by atoms with Crippen molar-refractivity contribution in [2.24, 2.45) is 11.1 Å². The molecule has 0 saturated heterocycles. The molecule has 2 rings (SSSR count). The van der Waals surface area contributed by atoms with Crippen LogP contribution in [-0.2, 0) is 0 Å². The highest BCUT2D eigenvalue weighted by Gasteiger charge is 2.40. The van der Waals surface area contributed by atoms with E-state index in [1.807, 2.05) is 13.8 Å². The van der Waals surface area contributed by atoms with Gasteiger partial charge >= 0.3 is 0 Å². The molecule has 0 bridgehead atoms. The lowest BCUT2D eigenvalue weighted by Crippen LogP contribution is -2.24. The van der Waals surface area contributed by atoms with Crippen LogP contribution in [0, 0.1) is 12.3 Å². The van der Waals surface area contributed by atoms with E-state index in [4.69, 9.17) is 10.5 Å². The summed E-state index contributed by atoms with van der Waals surface area (Å²) in [5, 5.41) is 3.35. The molecule has 94 valence electrons. The Hall–Kier alpha value is -1.36. The molecule has 3 N–H and O–H groups in total. The van der Waals surface area contributed by atoms with Gasteiger partial charge in [-0.25, -0.2) is 9.97 Å². The molecule has 1 saturated carbocycles. The highest BCUT2D eigenvalue weighted by molar-refractivity contribution is 5.47. The first-order valence-corrected chi connectivity index (χ1v) is 6.09. The van der Waals surface area contributed by atoms with E-state index >= 15 is 0 Å². The van der Waals surface area contributed by atoms with Crippen molar-refractivity contribution < 1.29 is 4.74 Å². The van der Waals surface area contributed by atoms with E-state index in [9.17, 15) is 0 Å².